The molecule has 0 aliphatic carbocycles. The number of pyridine rings is 1. The van der Waals surface area contributed by atoms with Gasteiger partial charge in [-0.2, -0.15) is 5.10 Å². The maximum Gasteiger partial charge on any atom is 0.150 e. The second-order valence-electron chi connectivity index (χ2n) is 2.16. The van der Waals surface area contributed by atoms with Crippen molar-refractivity contribution in [3.8, 4) is 0 Å². The van der Waals surface area contributed by atoms with E-state index >= 15 is 0 Å². The highest BCUT2D eigenvalue weighted by molar-refractivity contribution is 6.40. The fraction of sp³-hybridized carbons (Fsp3) is 0. The average Bonchev–Trinajstić information content (AvgIpc) is 2.33. The zero-order valence-electron chi connectivity index (χ0n) is 5.61. The van der Waals surface area contributed by atoms with Crippen molar-refractivity contribution in [2.45, 2.75) is 0 Å². The topological polar surface area (TPSA) is 41.6 Å². The highest BCUT2D eigenvalue weighted by Gasteiger charge is 2.09. The van der Waals surface area contributed by atoms with Crippen LogP contribution in [0.2, 0.25) is 15.3 Å². The van der Waals surface area contributed by atoms with Gasteiger partial charge >= 0.3 is 0 Å². The molecule has 2 heterocycles. The summed E-state index contributed by atoms with van der Waals surface area (Å²) in [6.07, 6.45) is 0. The quantitative estimate of drug-likeness (QED) is 0.696. The second kappa shape index (κ2) is 2.76. The van der Waals surface area contributed by atoms with E-state index in [1.807, 2.05) is 0 Å². The number of aromatic amines is 1. The van der Waals surface area contributed by atoms with Gasteiger partial charge in [-0.15, -0.1) is 0 Å². The molecule has 0 amide bonds. The molecule has 0 fully saturated rings. The molecule has 0 saturated carbocycles. The van der Waals surface area contributed by atoms with Crippen molar-refractivity contribution in [2.75, 3.05) is 0 Å². The van der Waals surface area contributed by atoms with Crippen LogP contribution in [-0.4, -0.2) is 15.2 Å². The molecule has 0 spiro atoms. The molecule has 0 aromatic carbocycles. The third-order valence-corrected chi connectivity index (χ3v) is 2.13. The summed E-state index contributed by atoms with van der Waals surface area (Å²) >= 11 is 17.2. The highest BCUT2D eigenvalue weighted by Crippen LogP contribution is 2.27. The lowest BCUT2D eigenvalue weighted by Gasteiger charge is -1.92. The number of nitrogens with zero attached hydrogens (tertiary/aromatic N) is 2. The van der Waals surface area contributed by atoms with E-state index in [0.717, 1.165) is 0 Å². The first-order valence-electron chi connectivity index (χ1n) is 3.04. The molecule has 12 heavy (non-hydrogen) atoms. The van der Waals surface area contributed by atoms with E-state index in [4.69, 9.17) is 34.8 Å². The van der Waals surface area contributed by atoms with Gasteiger partial charge in [0.1, 0.15) is 16.2 Å². The molecule has 0 atom stereocenters. The lowest BCUT2D eigenvalue weighted by Crippen LogP contribution is -1.77. The minimum absolute atomic E-state index is 0.302. The van der Waals surface area contributed by atoms with Crippen molar-refractivity contribution >= 4 is 45.8 Å². The van der Waals surface area contributed by atoms with Crippen LogP contribution in [0.3, 0.4) is 0 Å². The number of rotatable bonds is 0. The molecule has 0 aliphatic heterocycles. The third kappa shape index (κ3) is 1.14. The molecule has 2 aromatic rings. The largest absolute Gasteiger partial charge is 0.265 e. The normalized spacial score (nSPS) is 10.9. The molecule has 0 radical (unpaired) electrons. The number of nitrogens with one attached hydrogen (secondary N) is 1. The predicted molar refractivity (Wildman–Crippen MR) is 48.9 cm³/mol. The summed E-state index contributed by atoms with van der Waals surface area (Å²) in [6.45, 7) is 0. The Morgan fingerprint density at radius 1 is 1.17 bits per heavy atom. The van der Waals surface area contributed by atoms with E-state index in [1.165, 1.54) is 6.07 Å². The number of halogens is 3. The molecule has 62 valence electrons. The van der Waals surface area contributed by atoms with Crippen molar-refractivity contribution in [1.29, 1.82) is 0 Å². The molecule has 2 aromatic heterocycles. The van der Waals surface area contributed by atoms with Crippen molar-refractivity contribution in [3.05, 3.63) is 21.4 Å². The van der Waals surface area contributed by atoms with E-state index in [9.17, 15) is 0 Å². The van der Waals surface area contributed by atoms with Crippen LogP contribution >= 0.6 is 34.8 Å². The maximum absolute atomic E-state index is 5.81. The smallest absolute Gasteiger partial charge is 0.150 e. The van der Waals surface area contributed by atoms with Crippen LogP contribution in [0.25, 0.3) is 11.0 Å². The van der Waals surface area contributed by atoms with Crippen LogP contribution in [0, 0.1) is 0 Å². The summed E-state index contributed by atoms with van der Waals surface area (Å²) in [7, 11) is 0. The third-order valence-electron chi connectivity index (χ3n) is 1.39. The van der Waals surface area contributed by atoms with Crippen molar-refractivity contribution in [2.24, 2.45) is 0 Å². The van der Waals surface area contributed by atoms with Gasteiger partial charge in [-0.05, 0) is 6.07 Å². The molecule has 0 saturated heterocycles. The first-order valence-corrected chi connectivity index (χ1v) is 4.17. The molecule has 6 heteroatoms. The van der Waals surface area contributed by atoms with Crippen molar-refractivity contribution in [1.82, 2.24) is 15.2 Å². The van der Waals surface area contributed by atoms with Gasteiger partial charge in [0, 0.05) is 0 Å². The lowest BCUT2D eigenvalue weighted by molar-refractivity contribution is 1.12. The summed E-state index contributed by atoms with van der Waals surface area (Å²) in [5.41, 5.74) is 1.03. The average molecular weight is 222 g/mol. The minimum atomic E-state index is 0.302. The standard InChI is InChI=1S/C6H2Cl3N3/c7-2-1-3(8)10-5-4(2)11-12-6(5)9/h1H,(H,11,12). The number of fused-ring (bicyclic) bond motifs is 1. The zero-order chi connectivity index (χ0) is 8.72. The van der Waals surface area contributed by atoms with E-state index in [-0.39, 0.29) is 0 Å². The SMILES string of the molecule is Clc1cc(Cl)c2n[nH]c(Cl)c2n1. The Bertz CT molecular complexity index is 437. The van der Waals surface area contributed by atoms with Crippen LogP contribution < -0.4 is 0 Å². The number of H-pyrrole nitrogens is 1. The lowest BCUT2D eigenvalue weighted by atomic mass is 10.4. The Morgan fingerprint density at radius 2 is 1.92 bits per heavy atom. The van der Waals surface area contributed by atoms with Gasteiger partial charge in [-0.25, -0.2) is 4.98 Å². The van der Waals surface area contributed by atoms with Crippen molar-refractivity contribution in [3.63, 3.8) is 0 Å². The minimum Gasteiger partial charge on any atom is -0.265 e. The zero-order valence-corrected chi connectivity index (χ0v) is 7.87. The Labute approximate surface area is 82.6 Å². The monoisotopic (exact) mass is 221 g/mol. The van der Waals surface area contributed by atoms with Gasteiger partial charge < -0.3 is 0 Å². The van der Waals surface area contributed by atoms with Gasteiger partial charge in [-0.3, -0.25) is 5.10 Å². The van der Waals surface area contributed by atoms with Gasteiger partial charge in [0.25, 0.3) is 0 Å². The Kier molecular flexibility index (Phi) is 1.87. The summed E-state index contributed by atoms with van der Waals surface area (Å²) in [6, 6.07) is 1.52. The van der Waals surface area contributed by atoms with Crippen LogP contribution in [0.5, 0.6) is 0 Å². The number of hydrogen-bond donors (Lipinski definition) is 1. The summed E-state index contributed by atoms with van der Waals surface area (Å²) in [5.74, 6) is 0. The first-order chi connectivity index (χ1) is 5.68. The molecule has 2 rings (SSSR count). The van der Waals surface area contributed by atoms with Gasteiger partial charge in [0.2, 0.25) is 0 Å². The van der Waals surface area contributed by atoms with Crippen LogP contribution in [0.15, 0.2) is 6.07 Å². The Balaban J connectivity index is 2.92. The second-order valence-corrected chi connectivity index (χ2v) is 3.33. The van der Waals surface area contributed by atoms with Crippen LogP contribution in [0.1, 0.15) is 0 Å². The fourth-order valence-corrected chi connectivity index (χ4v) is 1.55. The Hall–Kier alpha value is -0.510. The van der Waals surface area contributed by atoms with E-state index in [1.54, 1.807) is 0 Å². The first kappa shape index (κ1) is 8.10. The summed E-state index contributed by atoms with van der Waals surface area (Å²) < 4.78 is 0. The molecule has 0 unspecified atom stereocenters. The number of hydrogen-bond acceptors (Lipinski definition) is 2. The molecule has 3 nitrogen and oxygen atoms in total. The Morgan fingerprint density at radius 3 is 2.67 bits per heavy atom. The van der Waals surface area contributed by atoms with Crippen LogP contribution in [-0.2, 0) is 0 Å². The molecule has 0 aliphatic rings. The number of aromatic nitrogens is 3. The summed E-state index contributed by atoms with van der Waals surface area (Å²) in [5, 5.41) is 7.49. The van der Waals surface area contributed by atoms with Crippen molar-refractivity contribution < 1.29 is 0 Å². The summed E-state index contributed by atoms with van der Waals surface area (Å²) in [4.78, 5) is 3.95. The molecular formula is C6H2Cl3N3. The fourth-order valence-electron chi connectivity index (χ4n) is 0.895. The van der Waals surface area contributed by atoms with E-state index in [0.29, 0.717) is 26.4 Å². The van der Waals surface area contributed by atoms with Crippen LogP contribution in [0.4, 0.5) is 0 Å². The van der Waals surface area contributed by atoms with E-state index < -0.39 is 0 Å². The maximum atomic E-state index is 5.81. The molecular weight excluding hydrogens is 220 g/mol. The van der Waals surface area contributed by atoms with E-state index in [2.05, 4.69) is 15.2 Å². The molecule has 0 bridgehead atoms. The van der Waals surface area contributed by atoms with Gasteiger partial charge in [-0.1, -0.05) is 34.8 Å². The molecule has 1 N–H and O–H groups in total. The predicted octanol–water partition coefficient (Wildman–Crippen LogP) is 2.92. The van der Waals surface area contributed by atoms with Gasteiger partial charge in [0.15, 0.2) is 5.15 Å². The highest BCUT2D eigenvalue weighted by atomic mass is 35.5. The van der Waals surface area contributed by atoms with Gasteiger partial charge in [0.05, 0.1) is 5.02 Å².